The van der Waals surface area contributed by atoms with Crippen LogP contribution in [0, 0.1) is 5.92 Å². The molecule has 2 heteroatoms. The van der Waals surface area contributed by atoms with Crippen LogP contribution in [0.15, 0.2) is 53.6 Å². The molecule has 1 saturated heterocycles. The number of benzene rings is 1. The number of carbonyl (C=O) groups is 1. The Hall–Kier alpha value is -1.83. The molecule has 1 atom stereocenters. The summed E-state index contributed by atoms with van der Waals surface area (Å²) >= 11 is 0. The predicted octanol–water partition coefficient (Wildman–Crippen LogP) is 4.13. The monoisotopic (exact) mass is 295 g/mol. The molecule has 0 radical (unpaired) electrons. The van der Waals surface area contributed by atoms with E-state index in [-0.39, 0.29) is 5.91 Å². The van der Waals surface area contributed by atoms with E-state index in [1.807, 2.05) is 11.0 Å². The van der Waals surface area contributed by atoms with Gasteiger partial charge in [-0.05, 0) is 43.6 Å². The third kappa shape index (κ3) is 3.68. The maximum atomic E-state index is 12.7. The first kappa shape index (κ1) is 15.1. The molecule has 0 N–H and O–H groups in total. The van der Waals surface area contributed by atoms with Crippen molar-refractivity contribution >= 4 is 5.91 Å². The van der Waals surface area contributed by atoms with Gasteiger partial charge in [0.15, 0.2) is 0 Å². The highest BCUT2D eigenvalue weighted by atomic mass is 16.2. The summed E-state index contributed by atoms with van der Waals surface area (Å²) in [5.41, 5.74) is 3.61. The van der Waals surface area contributed by atoms with Crippen LogP contribution in [0.2, 0.25) is 0 Å². The summed E-state index contributed by atoms with van der Waals surface area (Å²) in [5.74, 6) is 0.867. The van der Waals surface area contributed by atoms with E-state index in [0.717, 1.165) is 44.3 Å². The molecule has 1 unspecified atom stereocenters. The SMILES string of the molecule is CC1CCCN(C(=O)C2=CCCC(Cc3ccccc3)=C2)C1. The van der Waals surface area contributed by atoms with Crippen LogP contribution in [-0.2, 0) is 11.2 Å². The topological polar surface area (TPSA) is 20.3 Å². The second-order valence-electron chi connectivity index (χ2n) is 6.66. The average molecular weight is 295 g/mol. The fourth-order valence-corrected chi connectivity index (χ4v) is 3.47. The van der Waals surface area contributed by atoms with Gasteiger partial charge in [0, 0.05) is 18.7 Å². The van der Waals surface area contributed by atoms with Crippen molar-refractivity contribution in [2.75, 3.05) is 13.1 Å². The van der Waals surface area contributed by atoms with Crippen molar-refractivity contribution in [2.45, 2.75) is 39.0 Å². The summed E-state index contributed by atoms with van der Waals surface area (Å²) in [6, 6.07) is 10.5. The van der Waals surface area contributed by atoms with E-state index in [2.05, 4.69) is 43.3 Å². The zero-order valence-corrected chi connectivity index (χ0v) is 13.4. The molecular formula is C20H25NO. The molecule has 116 valence electrons. The molecular weight excluding hydrogens is 270 g/mol. The Morgan fingerprint density at radius 1 is 1.27 bits per heavy atom. The van der Waals surface area contributed by atoms with Gasteiger partial charge in [-0.15, -0.1) is 0 Å². The van der Waals surface area contributed by atoms with E-state index in [1.165, 1.54) is 17.6 Å². The van der Waals surface area contributed by atoms with Crippen molar-refractivity contribution in [3.63, 3.8) is 0 Å². The van der Waals surface area contributed by atoms with E-state index in [0.29, 0.717) is 5.92 Å². The summed E-state index contributed by atoms with van der Waals surface area (Å²) < 4.78 is 0. The summed E-state index contributed by atoms with van der Waals surface area (Å²) in [6.45, 7) is 4.08. The second-order valence-corrected chi connectivity index (χ2v) is 6.66. The number of amides is 1. The fourth-order valence-electron chi connectivity index (χ4n) is 3.47. The molecule has 1 heterocycles. The zero-order chi connectivity index (χ0) is 15.4. The first-order chi connectivity index (χ1) is 10.7. The van der Waals surface area contributed by atoms with Crippen LogP contribution >= 0.6 is 0 Å². The van der Waals surface area contributed by atoms with Gasteiger partial charge in [0.25, 0.3) is 5.91 Å². The van der Waals surface area contributed by atoms with E-state index >= 15 is 0 Å². The first-order valence-electron chi connectivity index (χ1n) is 8.45. The Balaban J connectivity index is 1.68. The Labute approximate surface area is 133 Å². The Morgan fingerprint density at radius 3 is 2.86 bits per heavy atom. The van der Waals surface area contributed by atoms with E-state index in [4.69, 9.17) is 0 Å². The lowest BCUT2D eigenvalue weighted by molar-refractivity contribution is -0.128. The first-order valence-corrected chi connectivity index (χ1v) is 8.45. The highest BCUT2D eigenvalue weighted by Crippen LogP contribution is 2.24. The molecule has 1 aromatic rings. The van der Waals surface area contributed by atoms with Crippen molar-refractivity contribution in [2.24, 2.45) is 5.92 Å². The van der Waals surface area contributed by atoms with Crippen LogP contribution in [0.5, 0.6) is 0 Å². The lowest BCUT2D eigenvalue weighted by atomic mass is 9.93. The third-order valence-corrected chi connectivity index (χ3v) is 4.65. The van der Waals surface area contributed by atoms with Gasteiger partial charge in [-0.3, -0.25) is 4.79 Å². The second kappa shape index (κ2) is 6.95. The molecule has 0 aromatic heterocycles. The van der Waals surface area contributed by atoms with Gasteiger partial charge in [-0.2, -0.15) is 0 Å². The van der Waals surface area contributed by atoms with Crippen molar-refractivity contribution < 1.29 is 4.79 Å². The largest absolute Gasteiger partial charge is 0.338 e. The molecule has 0 saturated carbocycles. The smallest absolute Gasteiger partial charge is 0.253 e. The fraction of sp³-hybridized carbons (Fsp3) is 0.450. The van der Waals surface area contributed by atoms with E-state index in [9.17, 15) is 4.79 Å². The minimum Gasteiger partial charge on any atom is -0.338 e. The predicted molar refractivity (Wildman–Crippen MR) is 90.5 cm³/mol. The molecule has 1 aliphatic heterocycles. The van der Waals surface area contributed by atoms with Gasteiger partial charge in [-0.25, -0.2) is 0 Å². The quantitative estimate of drug-likeness (QED) is 0.821. The Bertz CT molecular complexity index is 585. The van der Waals surface area contributed by atoms with Crippen LogP contribution in [0.1, 0.15) is 38.2 Å². The average Bonchev–Trinajstić information content (AvgIpc) is 2.55. The standard InChI is InChI=1S/C20H25NO/c1-16-7-6-12-21(15-16)20(22)19-11-5-10-18(14-19)13-17-8-3-2-4-9-17/h2-4,8-9,11,14,16H,5-7,10,12-13,15H2,1H3. The summed E-state index contributed by atoms with van der Waals surface area (Å²) in [5, 5.41) is 0. The minimum absolute atomic E-state index is 0.233. The molecule has 0 spiro atoms. The number of hydrogen-bond donors (Lipinski definition) is 0. The van der Waals surface area contributed by atoms with Crippen LogP contribution in [-0.4, -0.2) is 23.9 Å². The molecule has 1 aliphatic carbocycles. The Morgan fingerprint density at radius 2 is 2.09 bits per heavy atom. The van der Waals surface area contributed by atoms with Crippen molar-refractivity contribution in [3.05, 3.63) is 59.2 Å². The molecule has 2 aliphatic rings. The van der Waals surface area contributed by atoms with Gasteiger partial charge in [0.2, 0.25) is 0 Å². The third-order valence-electron chi connectivity index (χ3n) is 4.65. The number of piperidine rings is 1. The number of rotatable bonds is 3. The summed E-state index contributed by atoms with van der Waals surface area (Å²) in [7, 11) is 0. The summed E-state index contributed by atoms with van der Waals surface area (Å²) in [4.78, 5) is 14.8. The van der Waals surface area contributed by atoms with E-state index < -0.39 is 0 Å². The normalized spacial score (nSPS) is 22.0. The highest BCUT2D eigenvalue weighted by Gasteiger charge is 2.23. The number of likely N-dealkylation sites (tertiary alicyclic amines) is 1. The van der Waals surface area contributed by atoms with Gasteiger partial charge < -0.3 is 4.90 Å². The molecule has 1 fully saturated rings. The molecule has 22 heavy (non-hydrogen) atoms. The van der Waals surface area contributed by atoms with Gasteiger partial charge >= 0.3 is 0 Å². The number of nitrogens with zero attached hydrogens (tertiary/aromatic N) is 1. The molecule has 0 bridgehead atoms. The Kier molecular flexibility index (Phi) is 4.77. The van der Waals surface area contributed by atoms with Crippen LogP contribution in [0.4, 0.5) is 0 Å². The lowest BCUT2D eigenvalue weighted by Crippen LogP contribution is -2.39. The molecule has 1 amide bonds. The zero-order valence-electron chi connectivity index (χ0n) is 13.4. The lowest BCUT2D eigenvalue weighted by Gasteiger charge is -2.31. The van der Waals surface area contributed by atoms with Crippen molar-refractivity contribution in [1.82, 2.24) is 4.90 Å². The van der Waals surface area contributed by atoms with Crippen molar-refractivity contribution in [1.29, 1.82) is 0 Å². The van der Waals surface area contributed by atoms with Crippen LogP contribution < -0.4 is 0 Å². The maximum Gasteiger partial charge on any atom is 0.253 e. The number of allylic oxidation sites excluding steroid dienone is 2. The van der Waals surface area contributed by atoms with Crippen molar-refractivity contribution in [3.8, 4) is 0 Å². The van der Waals surface area contributed by atoms with Crippen LogP contribution in [0.3, 0.4) is 0 Å². The van der Waals surface area contributed by atoms with Gasteiger partial charge in [-0.1, -0.05) is 55.0 Å². The molecule has 3 rings (SSSR count). The number of carbonyl (C=O) groups excluding carboxylic acids is 1. The minimum atomic E-state index is 0.233. The molecule has 1 aromatic carbocycles. The molecule has 2 nitrogen and oxygen atoms in total. The maximum absolute atomic E-state index is 12.7. The number of hydrogen-bond acceptors (Lipinski definition) is 1. The van der Waals surface area contributed by atoms with Gasteiger partial charge in [0.1, 0.15) is 0 Å². The summed E-state index contributed by atoms with van der Waals surface area (Å²) in [6.07, 6.45) is 9.67. The van der Waals surface area contributed by atoms with Crippen LogP contribution in [0.25, 0.3) is 0 Å². The van der Waals surface area contributed by atoms with E-state index in [1.54, 1.807) is 0 Å². The van der Waals surface area contributed by atoms with Gasteiger partial charge in [0.05, 0.1) is 0 Å². The highest BCUT2D eigenvalue weighted by molar-refractivity contribution is 5.96.